The lowest BCUT2D eigenvalue weighted by Gasteiger charge is -2.47. The molecule has 2 heterocycles. The molecular formula is C19H24N2O4. The fraction of sp³-hybridized carbons (Fsp3) is 0.526. The number of aromatic nitrogens is 1. The van der Waals surface area contributed by atoms with Crippen LogP contribution in [-0.2, 0) is 16.5 Å². The summed E-state index contributed by atoms with van der Waals surface area (Å²) in [5, 5.41) is 4.24. The highest BCUT2D eigenvalue weighted by Crippen LogP contribution is 2.43. The smallest absolute Gasteiger partial charge is 0.268 e. The summed E-state index contributed by atoms with van der Waals surface area (Å²) < 4.78 is 18.3. The number of carbonyl (C=O) groups excluding carboxylic acids is 1. The Balaban J connectivity index is 1.56. The molecule has 1 aliphatic heterocycles. The van der Waals surface area contributed by atoms with Crippen molar-refractivity contribution in [2.24, 2.45) is 18.9 Å². The lowest BCUT2D eigenvalue weighted by Crippen LogP contribution is -2.62. The zero-order valence-electron chi connectivity index (χ0n) is 14.8. The molecule has 2 fully saturated rings. The molecular weight excluding hydrogens is 320 g/mol. The van der Waals surface area contributed by atoms with E-state index in [1.165, 1.54) is 0 Å². The summed E-state index contributed by atoms with van der Waals surface area (Å²) in [6.45, 7) is 1.38. The van der Waals surface area contributed by atoms with Crippen LogP contribution in [0.1, 0.15) is 16.9 Å². The van der Waals surface area contributed by atoms with Crippen LogP contribution >= 0.6 is 0 Å². The molecule has 4 rings (SSSR count). The summed E-state index contributed by atoms with van der Waals surface area (Å²) in [7, 11) is 5.24. The van der Waals surface area contributed by atoms with Crippen molar-refractivity contribution in [2.45, 2.75) is 18.6 Å². The zero-order valence-corrected chi connectivity index (χ0v) is 14.8. The molecule has 0 radical (unpaired) electrons. The first-order chi connectivity index (χ1) is 12.1. The number of nitrogens with one attached hydrogen (secondary N) is 1. The molecule has 1 saturated carbocycles. The van der Waals surface area contributed by atoms with Crippen molar-refractivity contribution in [1.82, 2.24) is 9.88 Å². The van der Waals surface area contributed by atoms with Gasteiger partial charge < -0.3 is 24.1 Å². The van der Waals surface area contributed by atoms with Gasteiger partial charge in [0.05, 0.1) is 25.3 Å². The summed E-state index contributed by atoms with van der Waals surface area (Å²) in [6, 6.07) is 7.88. The molecule has 2 aliphatic rings. The first kappa shape index (κ1) is 16.4. The highest BCUT2D eigenvalue weighted by atomic mass is 16.5. The van der Waals surface area contributed by atoms with Crippen LogP contribution in [0, 0.1) is 11.8 Å². The van der Waals surface area contributed by atoms with Crippen molar-refractivity contribution in [3.8, 4) is 5.75 Å². The predicted molar refractivity (Wildman–Crippen MR) is 93.9 cm³/mol. The van der Waals surface area contributed by atoms with Crippen LogP contribution in [0.15, 0.2) is 24.3 Å². The number of rotatable bonds is 5. The van der Waals surface area contributed by atoms with Crippen LogP contribution in [0.4, 0.5) is 0 Å². The van der Waals surface area contributed by atoms with E-state index in [1.54, 1.807) is 14.2 Å². The number of nitrogens with zero attached hydrogens (tertiary/aromatic N) is 1. The quantitative estimate of drug-likeness (QED) is 0.901. The van der Waals surface area contributed by atoms with Gasteiger partial charge >= 0.3 is 0 Å². The van der Waals surface area contributed by atoms with Crippen LogP contribution in [0.3, 0.4) is 0 Å². The number of amides is 1. The van der Waals surface area contributed by atoms with E-state index in [1.807, 2.05) is 35.9 Å². The van der Waals surface area contributed by atoms with Gasteiger partial charge in [-0.1, -0.05) is 0 Å². The van der Waals surface area contributed by atoms with Gasteiger partial charge in [-0.2, -0.15) is 0 Å². The van der Waals surface area contributed by atoms with Gasteiger partial charge in [-0.15, -0.1) is 0 Å². The highest BCUT2D eigenvalue weighted by Gasteiger charge is 2.54. The maximum absolute atomic E-state index is 12.9. The number of ether oxygens (including phenoxy) is 3. The van der Waals surface area contributed by atoms with Gasteiger partial charge in [-0.3, -0.25) is 4.79 Å². The molecule has 134 valence electrons. The zero-order chi connectivity index (χ0) is 17.6. The average molecular weight is 344 g/mol. The van der Waals surface area contributed by atoms with E-state index in [4.69, 9.17) is 14.2 Å². The van der Waals surface area contributed by atoms with E-state index in [0.29, 0.717) is 18.2 Å². The van der Waals surface area contributed by atoms with Gasteiger partial charge in [0.25, 0.3) is 5.91 Å². The molecule has 4 atom stereocenters. The van der Waals surface area contributed by atoms with Gasteiger partial charge in [-0.25, -0.2) is 0 Å². The van der Waals surface area contributed by atoms with Crippen LogP contribution in [-0.4, -0.2) is 50.1 Å². The minimum absolute atomic E-state index is 0.0471. The van der Waals surface area contributed by atoms with Crippen molar-refractivity contribution >= 4 is 16.8 Å². The second-order valence-electron chi connectivity index (χ2n) is 6.92. The van der Waals surface area contributed by atoms with Crippen molar-refractivity contribution in [3.63, 3.8) is 0 Å². The van der Waals surface area contributed by atoms with Crippen LogP contribution < -0.4 is 10.1 Å². The Hall–Kier alpha value is -2.05. The number of hydrogen-bond acceptors (Lipinski definition) is 4. The second-order valence-corrected chi connectivity index (χ2v) is 6.92. The lowest BCUT2D eigenvalue weighted by atomic mass is 9.67. The van der Waals surface area contributed by atoms with Gasteiger partial charge in [0.1, 0.15) is 11.4 Å². The molecule has 0 spiro atoms. The first-order valence-corrected chi connectivity index (χ1v) is 8.69. The van der Waals surface area contributed by atoms with Gasteiger partial charge in [0.2, 0.25) is 0 Å². The summed E-state index contributed by atoms with van der Waals surface area (Å²) >= 11 is 0. The van der Waals surface area contributed by atoms with E-state index in [9.17, 15) is 4.79 Å². The monoisotopic (exact) mass is 344 g/mol. The van der Waals surface area contributed by atoms with Gasteiger partial charge in [0, 0.05) is 50.1 Å². The third-order valence-corrected chi connectivity index (χ3v) is 5.67. The van der Waals surface area contributed by atoms with Crippen molar-refractivity contribution in [1.29, 1.82) is 0 Å². The minimum atomic E-state index is -0.0471. The Morgan fingerprint density at radius 3 is 2.96 bits per heavy atom. The lowest BCUT2D eigenvalue weighted by molar-refractivity contribution is -0.0810. The van der Waals surface area contributed by atoms with E-state index in [0.717, 1.165) is 29.7 Å². The number of aryl methyl sites for hydroxylation is 1. The molecule has 1 aromatic carbocycles. The third kappa shape index (κ3) is 2.60. The molecule has 1 amide bonds. The van der Waals surface area contributed by atoms with Crippen molar-refractivity contribution in [3.05, 3.63) is 30.0 Å². The van der Waals surface area contributed by atoms with E-state index < -0.39 is 0 Å². The Bertz CT molecular complexity index is 800. The highest BCUT2D eigenvalue weighted by molar-refractivity contribution is 5.99. The standard InChI is InChI=1S/C19H24N2O4/c1-21-15-9-12(24-3)5-4-11(15)8-16(21)19(22)20-17-13-6-7-25-18(13)14(17)10-23-2/h4-5,8-9,13-14,17-18H,6-7,10H2,1-3H3,(H,20,22)/t13-,14-,17-,18-/m0/s1. The van der Waals surface area contributed by atoms with Gasteiger partial charge in [0.15, 0.2) is 0 Å². The predicted octanol–water partition coefficient (Wildman–Crippen LogP) is 1.97. The van der Waals surface area contributed by atoms with Crippen LogP contribution in [0.25, 0.3) is 10.9 Å². The third-order valence-electron chi connectivity index (χ3n) is 5.67. The largest absolute Gasteiger partial charge is 0.497 e. The summed E-state index contributed by atoms with van der Waals surface area (Å²) in [4.78, 5) is 12.9. The molecule has 25 heavy (non-hydrogen) atoms. The molecule has 1 aromatic heterocycles. The number of benzene rings is 1. The SMILES string of the molecule is COC[C@H]1[C@@H](NC(=O)c2cc3ccc(OC)cc3n2C)[C@@H]2CCO[C@@H]21. The molecule has 2 aromatic rings. The topological polar surface area (TPSA) is 61.7 Å². The fourth-order valence-corrected chi connectivity index (χ4v) is 4.31. The molecule has 6 nitrogen and oxygen atoms in total. The Morgan fingerprint density at radius 1 is 1.36 bits per heavy atom. The molecule has 1 aliphatic carbocycles. The van der Waals surface area contributed by atoms with E-state index in [2.05, 4.69) is 5.32 Å². The number of carbonyl (C=O) groups is 1. The summed E-state index contributed by atoms with van der Waals surface area (Å²) in [6.07, 6.45) is 1.23. The van der Waals surface area contributed by atoms with Crippen LogP contribution in [0.2, 0.25) is 0 Å². The number of fused-ring (bicyclic) bond motifs is 2. The maximum Gasteiger partial charge on any atom is 0.268 e. The summed E-state index contributed by atoms with van der Waals surface area (Å²) in [5.41, 5.74) is 1.63. The Morgan fingerprint density at radius 2 is 2.20 bits per heavy atom. The Labute approximate surface area is 147 Å². The fourth-order valence-electron chi connectivity index (χ4n) is 4.31. The van der Waals surface area contributed by atoms with Gasteiger partial charge in [-0.05, 0) is 24.6 Å². The summed E-state index contributed by atoms with van der Waals surface area (Å²) in [5.74, 6) is 1.37. The maximum atomic E-state index is 12.9. The average Bonchev–Trinajstić information content (AvgIpc) is 3.19. The molecule has 6 heteroatoms. The number of methoxy groups -OCH3 is 2. The molecule has 1 N–H and O–H groups in total. The van der Waals surface area contributed by atoms with Crippen molar-refractivity contribution in [2.75, 3.05) is 27.4 Å². The first-order valence-electron chi connectivity index (χ1n) is 8.69. The molecule has 1 saturated heterocycles. The minimum Gasteiger partial charge on any atom is -0.497 e. The Kier molecular flexibility index (Phi) is 4.17. The van der Waals surface area contributed by atoms with E-state index in [-0.39, 0.29) is 24.0 Å². The number of hydrogen-bond donors (Lipinski definition) is 1. The molecule has 0 bridgehead atoms. The van der Waals surface area contributed by atoms with Crippen LogP contribution in [0.5, 0.6) is 5.75 Å². The van der Waals surface area contributed by atoms with Crippen molar-refractivity contribution < 1.29 is 19.0 Å². The normalized spacial score (nSPS) is 27.8. The molecule has 0 unspecified atom stereocenters. The second kappa shape index (κ2) is 6.35. The van der Waals surface area contributed by atoms with E-state index >= 15 is 0 Å².